The first-order chi connectivity index (χ1) is 14.9. The summed E-state index contributed by atoms with van der Waals surface area (Å²) in [5, 5.41) is 10.4. The summed E-state index contributed by atoms with van der Waals surface area (Å²) in [5.41, 5.74) is 6.31. The first kappa shape index (κ1) is 20.6. The summed E-state index contributed by atoms with van der Waals surface area (Å²) >= 11 is 6.04. The Labute approximate surface area is 181 Å². The van der Waals surface area contributed by atoms with Crippen molar-refractivity contribution in [2.45, 2.75) is 12.1 Å². The molecule has 0 fully saturated rings. The zero-order chi connectivity index (χ0) is 22.1. The van der Waals surface area contributed by atoms with E-state index in [0.717, 1.165) is 6.07 Å². The van der Waals surface area contributed by atoms with Crippen molar-refractivity contribution < 1.29 is 23.8 Å². The SMILES string of the molecule is NC(=O)[C@@H](c1cccnc1)N(C(=O)c1ccccc1O)[C@@H]1COc2c(F)cc(Cl)cc21. The average Bonchev–Trinajstić information content (AvgIpc) is 3.16. The molecule has 2 aromatic carbocycles. The van der Waals surface area contributed by atoms with Gasteiger partial charge in [-0.15, -0.1) is 0 Å². The third kappa shape index (κ3) is 3.77. The second-order valence-electron chi connectivity index (χ2n) is 6.95. The first-order valence-corrected chi connectivity index (χ1v) is 9.68. The first-order valence-electron chi connectivity index (χ1n) is 9.30. The number of phenols is 1. The summed E-state index contributed by atoms with van der Waals surface area (Å²) in [7, 11) is 0. The molecule has 1 aliphatic rings. The second-order valence-corrected chi connectivity index (χ2v) is 7.39. The summed E-state index contributed by atoms with van der Waals surface area (Å²) in [6, 6.07) is 9.53. The Morgan fingerprint density at radius 2 is 2.03 bits per heavy atom. The van der Waals surface area contributed by atoms with Crippen LogP contribution in [0.5, 0.6) is 11.5 Å². The number of hydrogen-bond acceptors (Lipinski definition) is 5. The van der Waals surface area contributed by atoms with E-state index in [-0.39, 0.29) is 28.7 Å². The average molecular weight is 442 g/mol. The van der Waals surface area contributed by atoms with Gasteiger partial charge in [0.15, 0.2) is 11.6 Å². The van der Waals surface area contributed by atoms with Crippen molar-refractivity contribution in [3.05, 3.63) is 88.5 Å². The van der Waals surface area contributed by atoms with E-state index in [1.807, 2.05) is 0 Å². The Balaban J connectivity index is 1.90. The van der Waals surface area contributed by atoms with Crippen LogP contribution in [0.25, 0.3) is 0 Å². The van der Waals surface area contributed by atoms with Crippen LogP contribution in [-0.2, 0) is 4.79 Å². The number of benzene rings is 2. The highest BCUT2D eigenvalue weighted by atomic mass is 35.5. The number of nitrogens with zero attached hydrogens (tertiary/aromatic N) is 2. The van der Waals surface area contributed by atoms with Crippen LogP contribution in [-0.4, -0.2) is 33.4 Å². The number of nitrogens with two attached hydrogens (primary N) is 1. The Kier molecular flexibility index (Phi) is 5.48. The lowest BCUT2D eigenvalue weighted by Crippen LogP contribution is -2.44. The molecule has 0 saturated carbocycles. The highest BCUT2D eigenvalue weighted by Crippen LogP contribution is 2.43. The molecule has 0 spiro atoms. The van der Waals surface area contributed by atoms with Gasteiger partial charge in [0.25, 0.3) is 5.91 Å². The summed E-state index contributed by atoms with van der Waals surface area (Å²) < 4.78 is 19.9. The van der Waals surface area contributed by atoms with Crippen LogP contribution >= 0.6 is 11.6 Å². The maximum absolute atomic E-state index is 14.4. The quantitative estimate of drug-likeness (QED) is 0.631. The summed E-state index contributed by atoms with van der Waals surface area (Å²) in [6.07, 6.45) is 2.93. The number of amides is 2. The van der Waals surface area contributed by atoms with Crippen molar-refractivity contribution in [1.29, 1.82) is 0 Å². The Morgan fingerprint density at radius 3 is 2.71 bits per heavy atom. The van der Waals surface area contributed by atoms with Gasteiger partial charge in [0.1, 0.15) is 18.4 Å². The molecule has 7 nitrogen and oxygen atoms in total. The van der Waals surface area contributed by atoms with Gasteiger partial charge in [-0.1, -0.05) is 29.8 Å². The van der Waals surface area contributed by atoms with Gasteiger partial charge in [0.05, 0.1) is 11.6 Å². The number of ether oxygens (including phenoxy) is 1. The van der Waals surface area contributed by atoms with E-state index in [2.05, 4.69) is 4.98 Å². The number of pyridine rings is 1. The van der Waals surface area contributed by atoms with Crippen LogP contribution in [0.4, 0.5) is 4.39 Å². The molecule has 0 saturated heterocycles. The zero-order valence-corrected chi connectivity index (χ0v) is 16.8. The molecular formula is C22H17ClFN3O4. The number of aromatic nitrogens is 1. The standard InChI is InChI=1S/C22H17ClFN3O4/c23-13-8-15-17(11-31-20(15)16(24)9-13)27(22(30)14-5-1-2-6-18(14)28)19(21(25)29)12-4-3-7-26-10-12/h1-10,17,19,28H,11H2,(H2,25,29)/t17-,19-/m1/s1. The van der Waals surface area contributed by atoms with E-state index in [0.29, 0.717) is 11.1 Å². The molecule has 0 bridgehead atoms. The number of hydrogen-bond donors (Lipinski definition) is 2. The molecule has 4 rings (SSSR count). The molecule has 1 aliphatic heterocycles. The van der Waals surface area contributed by atoms with Crippen molar-refractivity contribution in [3.8, 4) is 11.5 Å². The van der Waals surface area contributed by atoms with Crippen molar-refractivity contribution >= 4 is 23.4 Å². The van der Waals surface area contributed by atoms with Gasteiger partial charge < -0.3 is 20.5 Å². The number of fused-ring (bicyclic) bond motifs is 1. The highest BCUT2D eigenvalue weighted by molar-refractivity contribution is 6.30. The second kappa shape index (κ2) is 8.23. The number of aromatic hydroxyl groups is 1. The van der Waals surface area contributed by atoms with E-state index in [1.165, 1.54) is 35.5 Å². The maximum Gasteiger partial charge on any atom is 0.259 e. The Morgan fingerprint density at radius 1 is 1.26 bits per heavy atom. The van der Waals surface area contributed by atoms with Crippen LogP contribution in [0, 0.1) is 5.82 Å². The van der Waals surface area contributed by atoms with E-state index in [9.17, 15) is 19.1 Å². The minimum Gasteiger partial charge on any atom is -0.507 e. The number of primary amides is 1. The van der Waals surface area contributed by atoms with Crippen LogP contribution in [0.2, 0.25) is 5.02 Å². The molecule has 2 amide bonds. The van der Waals surface area contributed by atoms with Gasteiger partial charge in [-0.25, -0.2) is 4.39 Å². The van der Waals surface area contributed by atoms with Crippen molar-refractivity contribution in [2.24, 2.45) is 5.73 Å². The molecule has 0 aliphatic carbocycles. The summed E-state index contributed by atoms with van der Waals surface area (Å²) in [5.74, 6) is -2.53. The summed E-state index contributed by atoms with van der Waals surface area (Å²) in [4.78, 5) is 31.4. The topological polar surface area (TPSA) is 106 Å². The van der Waals surface area contributed by atoms with Gasteiger partial charge in [0, 0.05) is 28.5 Å². The Bertz CT molecular complexity index is 1160. The normalized spacial score (nSPS) is 15.6. The monoisotopic (exact) mass is 441 g/mol. The minimum atomic E-state index is -1.26. The van der Waals surface area contributed by atoms with Crippen molar-refractivity contribution in [1.82, 2.24) is 9.88 Å². The van der Waals surface area contributed by atoms with E-state index < -0.39 is 29.7 Å². The van der Waals surface area contributed by atoms with Crippen molar-refractivity contribution in [2.75, 3.05) is 6.61 Å². The number of carbonyl (C=O) groups is 2. The molecule has 1 aromatic heterocycles. The molecular weight excluding hydrogens is 425 g/mol. The van der Waals surface area contributed by atoms with Crippen LogP contribution in [0.15, 0.2) is 60.9 Å². The fourth-order valence-electron chi connectivity index (χ4n) is 3.69. The smallest absolute Gasteiger partial charge is 0.259 e. The fourth-order valence-corrected chi connectivity index (χ4v) is 3.91. The lowest BCUT2D eigenvalue weighted by atomic mass is 9.98. The Hall–Kier alpha value is -3.65. The number of carbonyl (C=O) groups excluding carboxylic acids is 2. The molecule has 0 unspecified atom stereocenters. The van der Waals surface area contributed by atoms with Gasteiger partial charge >= 0.3 is 0 Å². The van der Waals surface area contributed by atoms with Gasteiger partial charge in [-0.3, -0.25) is 14.6 Å². The molecule has 9 heteroatoms. The number of rotatable bonds is 5. The summed E-state index contributed by atoms with van der Waals surface area (Å²) in [6.45, 7) is -0.129. The van der Waals surface area contributed by atoms with E-state index >= 15 is 0 Å². The molecule has 3 aromatic rings. The van der Waals surface area contributed by atoms with Crippen LogP contribution < -0.4 is 10.5 Å². The number of para-hydroxylation sites is 1. The molecule has 31 heavy (non-hydrogen) atoms. The predicted molar refractivity (Wildman–Crippen MR) is 110 cm³/mol. The molecule has 2 atom stereocenters. The maximum atomic E-state index is 14.4. The van der Waals surface area contributed by atoms with Crippen LogP contribution in [0.1, 0.15) is 33.6 Å². The van der Waals surface area contributed by atoms with Gasteiger partial charge in [-0.05, 0) is 30.3 Å². The number of phenolic OH excluding ortho intramolecular Hbond substituents is 1. The lowest BCUT2D eigenvalue weighted by molar-refractivity contribution is -0.123. The molecule has 3 N–H and O–H groups in total. The third-order valence-electron chi connectivity index (χ3n) is 5.03. The van der Waals surface area contributed by atoms with Crippen LogP contribution in [0.3, 0.4) is 0 Å². The predicted octanol–water partition coefficient (Wildman–Crippen LogP) is 3.38. The third-order valence-corrected chi connectivity index (χ3v) is 5.25. The van der Waals surface area contributed by atoms with Crippen molar-refractivity contribution in [3.63, 3.8) is 0 Å². The highest BCUT2D eigenvalue weighted by Gasteiger charge is 2.42. The largest absolute Gasteiger partial charge is 0.507 e. The fraction of sp³-hybridized carbons (Fsp3) is 0.136. The number of halogens is 2. The molecule has 0 radical (unpaired) electrons. The zero-order valence-electron chi connectivity index (χ0n) is 16.0. The molecule has 2 heterocycles. The molecule has 158 valence electrons. The lowest BCUT2D eigenvalue weighted by Gasteiger charge is -2.34. The van der Waals surface area contributed by atoms with E-state index in [1.54, 1.807) is 24.3 Å². The van der Waals surface area contributed by atoms with Gasteiger partial charge in [0.2, 0.25) is 5.91 Å². The van der Waals surface area contributed by atoms with E-state index in [4.69, 9.17) is 22.1 Å². The van der Waals surface area contributed by atoms with Gasteiger partial charge in [-0.2, -0.15) is 0 Å². The minimum absolute atomic E-state index is 0.0476.